The molecule has 0 fully saturated rings. The van der Waals surface area contributed by atoms with E-state index in [1.165, 1.54) is 35.0 Å². The van der Waals surface area contributed by atoms with Gasteiger partial charge in [-0.2, -0.15) is 0 Å². The van der Waals surface area contributed by atoms with E-state index in [0.29, 0.717) is 6.04 Å². The van der Waals surface area contributed by atoms with Crippen molar-refractivity contribution in [1.29, 1.82) is 0 Å². The van der Waals surface area contributed by atoms with Gasteiger partial charge >= 0.3 is 0 Å². The lowest BCUT2D eigenvalue weighted by Gasteiger charge is -2.21. The molecular formula is C13H23BrN2S. The second-order valence-corrected chi connectivity index (χ2v) is 6.85. The Kier molecular flexibility index (Phi) is 7.35. The number of hydrogen-bond donors (Lipinski definition) is 2. The van der Waals surface area contributed by atoms with Crippen LogP contribution in [-0.4, -0.2) is 0 Å². The second kappa shape index (κ2) is 8.25. The van der Waals surface area contributed by atoms with E-state index in [4.69, 9.17) is 5.84 Å². The number of unbranched alkanes of at least 4 members (excludes halogenated alkanes) is 1. The van der Waals surface area contributed by atoms with E-state index in [1.807, 2.05) is 0 Å². The van der Waals surface area contributed by atoms with Gasteiger partial charge in [-0.05, 0) is 45.3 Å². The van der Waals surface area contributed by atoms with Crippen LogP contribution in [0.3, 0.4) is 0 Å². The Bertz CT molecular complexity index is 314. The van der Waals surface area contributed by atoms with Gasteiger partial charge in [-0.25, -0.2) is 0 Å². The number of hydrazine groups is 1. The number of nitrogens with two attached hydrogens (primary N) is 1. The van der Waals surface area contributed by atoms with E-state index in [0.717, 1.165) is 12.3 Å². The minimum atomic E-state index is 0.291. The number of thiophene rings is 1. The first-order valence-corrected chi connectivity index (χ1v) is 8.08. The van der Waals surface area contributed by atoms with Crippen LogP contribution in [0.2, 0.25) is 0 Å². The summed E-state index contributed by atoms with van der Waals surface area (Å²) in [6.07, 6.45) is 6.29. The Morgan fingerprint density at radius 1 is 1.47 bits per heavy atom. The Morgan fingerprint density at radius 2 is 2.24 bits per heavy atom. The Labute approximate surface area is 117 Å². The summed E-state index contributed by atoms with van der Waals surface area (Å²) in [5.74, 6) is 6.46. The number of hydrogen-bond acceptors (Lipinski definition) is 3. The fraction of sp³-hybridized carbons (Fsp3) is 0.692. The topological polar surface area (TPSA) is 38.0 Å². The molecule has 0 amide bonds. The van der Waals surface area contributed by atoms with Crippen molar-refractivity contribution in [2.75, 3.05) is 0 Å². The second-order valence-electron chi connectivity index (χ2n) is 4.56. The maximum atomic E-state index is 5.69. The third-order valence-corrected chi connectivity index (χ3v) is 4.83. The van der Waals surface area contributed by atoms with Crippen molar-refractivity contribution < 1.29 is 0 Å². The summed E-state index contributed by atoms with van der Waals surface area (Å²) in [5, 5.41) is 2.18. The van der Waals surface area contributed by atoms with Crippen LogP contribution in [0.1, 0.15) is 57.6 Å². The summed E-state index contributed by atoms with van der Waals surface area (Å²) in [6, 6.07) is 2.46. The van der Waals surface area contributed by atoms with Crippen molar-refractivity contribution in [3.8, 4) is 0 Å². The maximum absolute atomic E-state index is 5.69. The monoisotopic (exact) mass is 318 g/mol. The lowest BCUT2D eigenvalue weighted by molar-refractivity contribution is 0.357. The zero-order valence-corrected chi connectivity index (χ0v) is 13.1. The van der Waals surface area contributed by atoms with Gasteiger partial charge in [0.05, 0.1) is 3.79 Å². The molecule has 0 aromatic carbocycles. The zero-order valence-electron chi connectivity index (χ0n) is 10.7. The number of halogens is 1. The molecule has 98 valence electrons. The first-order chi connectivity index (χ1) is 8.21. The fourth-order valence-corrected chi connectivity index (χ4v) is 3.35. The van der Waals surface area contributed by atoms with Gasteiger partial charge in [0.1, 0.15) is 0 Å². The van der Waals surface area contributed by atoms with Gasteiger partial charge in [0, 0.05) is 6.04 Å². The smallest absolute Gasteiger partial charge is 0.0701 e. The molecule has 3 N–H and O–H groups in total. The van der Waals surface area contributed by atoms with Crippen molar-refractivity contribution in [1.82, 2.24) is 5.43 Å². The lowest BCUT2D eigenvalue weighted by atomic mass is 9.90. The SMILES string of the molecule is CCCCC(CC)CC(NN)c1csc(Br)c1. The highest BCUT2D eigenvalue weighted by atomic mass is 79.9. The summed E-state index contributed by atoms with van der Waals surface area (Å²) >= 11 is 5.23. The number of rotatable bonds is 8. The quantitative estimate of drug-likeness (QED) is 0.542. The molecule has 1 aromatic heterocycles. The first kappa shape index (κ1) is 15.2. The van der Waals surface area contributed by atoms with Gasteiger partial charge < -0.3 is 0 Å². The van der Waals surface area contributed by atoms with E-state index in [9.17, 15) is 0 Å². The molecule has 1 rings (SSSR count). The summed E-state index contributed by atoms with van der Waals surface area (Å²) in [5.41, 5.74) is 4.26. The molecule has 0 bridgehead atoms. The Hall–Kier alpha value is 0.100. The lowest BCUT2D eigenvalue weighted by Crippen LogP contribution is -2.29. The first-order valence-electron chi connectivity index (χ1n) is 6.41. The van der Waals surface area contributed by atoms with Crippen molar-refractivity contribution in [2.45, 2.75) is 52.0 Å². The Morgan fingerprint density at radius 3 is 2.71 bits per heavy atom. The maximum Gasteiger partial charge on any atom is 0.0701 e. The largest absolute Gasteiger partial charge is 0.271 e. The van der Waals surface area contributed by atoms with E-state index in [2.05, 4.69) is 46.6 Å². The molecule has 0 spiro atoms. The van der Waals surface area contributed by atoms with Gasteiger partial charge in [-0.1, -0.05) is 39.5 Å². The molecule has 0 radical (unpaired) electrons. The molecule has 4 heteroatoms. The van der Waals surface area contributed by atoms with Crippen LogP contribution < -0.4 is 11.3 Å². The molecule has 2 unspecified atom stereocenters. The van der Waals surface area contributed by atoms with Crippen LogP contribution >= 0.6 is 27.3 Å². The summed E-state index contributed by atoms with van der Waals surface area (Å²) in [7, 11) is 0. The normalized spacial score (nSPS) is 14.8. The van der Waals surface area contributed by atoms with Crippen LogP contribution in [0.4, 0.5) is 0 Å². The zero-order chi connectivity index (χ0) is 12.7. The average molecular weight is 319 g/mol. The molecular weight excluding hydrogens is 296 g/mol. The van der Waals surface area contributed by atoms with Gasteiger partial charge in [0.25, 0.3) is 0 Å². The van der Waals surface area contributed by atoms with Crippen LogP contribution in [0.15, 0.2) is 15.2 Å². The molecule has 1 heterocycles. The summed E-state index contributed by atoms with van der Waals surface area (Å²) in [4.78, 5) is 0. The van der Waals surface area contributed by atoms with Gasteiger partial charge in [0.2, 0.25) is 0 Å². The minimum Gasteiger partial charge on any atom is -0.271 e. The molecule has 0 aliphatic heterocycles. The molecule has 1 aromatic rings. The molecule has 0 aliphatic carbocycles. The van der Waals surface area contributed by atoms with Crippen molar-refractivity contribution in [3.63, 3.8) is 0 Å². The predicted molar refractivity (Wildman–Crippen MR) is 80.0 cm³/mol. The third-order valence-electron chi connectivity index (χ3n) is 3.30. The van der Waals surface area contributed by atoms with E-state index < -0.39 is 0 Å². The molecule has 0 saturated heterocycles. The third kappa shape index (κ3) is 5.08. The molecule has 2 atom stereocenters. The average Bonchev–Trinajstić information content (AvgIpc) is 2.76. The van der Waals surface area contributed by atoms with Gasteiger partial charge in [0.15, 0.2) is 0 Å². The van der Waals surface area contributed by atoms with E-state index in [-0.39, 0.29) is 0 Å². The highest BCUT2D eigenvalue weighted by molar-refractivity contribution is 9.11. The standard InChI is InChI=1S/C13H23BrN2S/c1-3-5-6-10(4-2)7-12(16-15)11-8-13(14)17-9-11/h8-10,12,16H,3-7,15H2,1-2H3. The van der Waals surface area contributed by atoms with Crippen LogP contribution in [-0.2, 0) is 0 Å². The van der Waals surface area contributed by atoms with Gasteiger partial charge in [-0.15, -0.1) is 11.3 Å². The fourth-order valence-electron chi connectivity index (χ4n) is 2.12. The molecule has 0 saturated carbocycles. The van der Waals surface area contributed by atoms with Crippen LogP contribution in [0.25, 0.3) is 0 Å². The summed E-state index contributed by atoms with van der Waals surface area (Å²) < 4.78 is 1.18. The molecule has 0 aliphatic rings. The van der Waals surface area contributed by atoms with Crippen molar-refractivity contribution in [3.05, 3.63) is 20.8 Å². The molecule has 2 nitrogen and oxygen atoms in total. The van der Waals surface area contributed by atoms with Gasteiger partial charge in [-0.3, -0.25) is 11.3 Å². The van der Waals surface area contributed by atoms with Crippen molar-refractivity contribution >= 4 is 27.3 Å². The highest BCUT2D eigenvalue weighted by Gasteiger charge is 2.16. The predicted octanol–water partition coefficient (Wildman–Crippen LogP) is 4.62. The highest BCUT2D eigenvalue weighted by Crippen LogP contribution is 2.30. The minimum absolute atomic E-state index is 0.291. The van der Waals surface area contributed by atoms with Crippen LogP contribution in [0, 0.1) is 5.92 Å². The van der Waals surface area contributed by atoms with Crippen LogP contribution in [0.5, 0.6) is 0 Å². The van der Waals surface area contributed by atoms with Crippen molar-refractivity contribution in [2.24, 2.45) is 11.8 Å². The van der Waals surface area contributed by atoms with E-state index >= 15 is 0 Å². The number of nitrogens with one attached hydrogen (secondary N) is 1. The Balaban J connectivity index is 2.55. The van der Waals surface area contributed by atoms with E-state index in [1.54, 1.807) is 11.3 Å². The summed E-state index contributed by atoms with van der Waals surface area (Å²) in [6.45, 7) is 4.53. The molecule has 17 heavy (non-hydrogen) atoms.